The maximum atomic E-state index is 12.2. The number of hydrogen-bond donors (Lipinski definition) is 0. The van der Waals surface area contributed by atoms with Gasteiger partial charge in [0.25, 0.3) is 0 Å². The summed E-state index contributed by atoms with van der Waals surface area (Å²) in [4.78, 5) is 24.4. The first-order chi connectivity index (χ1) is 19.7. The number of allylic oxidation sites excluding steroid dienone is 5. The minimum absolute atomic E-state index is 0.391. The van der Waals surface area contributed by atoms with E-state index in [0.717, 1.165) is 15.9 Å². The first-order valence-corrected chi connectivity index (χ1v) is 16.4. The second-order valence-electron chi connectivity index (χ2n) is 7.68. The summed E-state index contributed by atoms with van der Waals surface area (Å²) < 4.78 is 11.9. The van der Waals surface area contributed by atoms with Crippen LogP contribution in [0.1, 0.15) is 62.3 Å². The molecule has 4 unspecified atom stereocenters. The van der Waals surface area contributed by atoms with Crippen molar-refractivity contribution in [3.63, 3.8) is 0 Å². The molecule has 0 bridgehead atoms. The predicted molar refractivity (Wildman–Crippen MR) is 184 cm³/mol. The van der Waals surface area contributed by atoms with Gasteiger partial charge in [0, 0.05) is 13.8 Å². The molecule has 0 aliphatic heterocycles. The number of rotatable bonds is 9. The van der Waals surface area contributed by atoms with Crippen molar-refractivity contribution in [1.29, 1.82) is 0 Å². The molecule has 0 aliphatic carbocycles. The van der Waals surface area contributed by atoms with Crippen molar-refractivity contribution >= 4 is 38.4 Å². The molecule has 0 saturated carbocycles. The van der Waals surface area contributed by atoms with Crippen LogP contribution in [0, 0.1) is 12.8 Å². The minimum atomic E-state index is -1.09. The predicted octanol–water partition coefficient (Wildman–Crippen LogP) is 9.50. The lowest BCUT2D eigenvalue weighted by atomic mass is 10.4. The monoisotopic (exact) mass is 596 g/mol. The number of terminal acetylenes is 1. The van der Waals surface area contributed by atoms with Crippen LogP contribution >= 0.6 is 15.8 Å². The van der Waals surface area contributed by atoms with Crippen molar-refractivity contribution in [1.82, 2.24) is 0 Å². The minimum Gasteiger partial charge on any atom is -0.453 e. The van der Waals surface area contributed by atoms with E-state index in [4.69, 9.17) is 9.47 Å². The van der Waals surface area contributed by atoms with Crippen molar-refractivity contribution in [3.8, 4) is 12.8 Å². The molecule has 0 aliphatic rings. The summed E-state index contributed by atoms with van der Waals surface area (Å²) >= 11 is 0. The average molecular weight is 597 g/mol. The van der Waals surface area contributed by atoms with E-state index in [9.17, 15) is 9.59 Å². The first-order valence-electron chi connectivity index (χ1n) is 13.5. The summed E-state index contributed by atoms with van der Waals surface area (Å²) in [5.74, 6) is 0.0566. The summed E-state index contributed by atoms with van der Waals surface area (Å²) in [5.41, 5.74) is 0. The Bertz CT molecular complexity index is 1040. The molecule has 2 aromatic carbocycles. The highest BCUT2D eigenvalue weighted by molar-refractivity contribution is 7.73. The van der Waals surface area contributed by atoms with Crippen molar-refractivity contribution < 1.29 is 19.1 Å². The Labute approximate surface area is 253 Å². The summed E-state index contributed by atoms with van der Waals surface area (Å²) in [6, 6.07) is 20.0. The smallest absolute Gasteiger partial charge is 0.303 e. The maximum absolute atomic E-state index is 12.2. The molecule has 0 spiro atoms. The van der Waals surface area contributed by atoms with Crippen molar-refractivity contribution in [2.45, 2.75) is 74.0 Å². The molecule has 0 aromatic heterocycles. The van der Waals surface area contributed by atoms with Crippen molar-refractivity contribution in [3.05, 3.63) is 109 Å². The summed E-state index contributed by atoms with van der Waals surface area (Å²) in [5, 5.41) is 3.23. The number of ether oxygens (including phenoxy) is 2. The molecular formula is C35H50O4P2. The Kier molecular flexibility index (Phi) is 29.1. The van der Waals surface area contributed by atoms with Crippen LogP contribution < -0.4 is 10.6 Å². The summed E-state index contributed by atoms with van der Waals surface area (Å²) in [7, 11) is -2.18. The molecule has 41 heavy (non-hydrogen) atoms. The maximum Gasteiger partial charge on any atom is 0.303 e. The summed E-state index contributed by atoms with van der Waals surface area (Å²) in [6.07, 6.45) is 15.5. The molecule has 6 heteroatoms. The fourth-order valence-electron chi connectivity index (χ4n) is 3.19. The average Bonchev–Trinajstić information content (AvgIpc) is 2.98. The quantitative estimate of drug-likeness (QED) is 0.125. The Morgan fingerprint density at radius 3 is 1.44 bits per heavy atom. The van der Waals surface area contributed by atoms with Gasteiger partial charge in [0.1, 0.15) is 0 Å². The highest BCUT2D eigenvalue weighted by atomic mass is 31.1. The number of carbonyl (C=O) groups excluding carboxylic acids is 2. The van der Waals surface area contributed by atoms with Crippen molar-refractivity contribution in [2.24, 2.45) is 0 Å². The van der Waals surface area contributed by atoms with Gasteiger partial charge in [0.15, 0.2) is 11.7 Å². The second-order valence-corrected chi connectivity index (χ2v) is 12.3. The lowest BCUT2D eigenvalue weighted by molar-refractivity contribution is -0.153. The zero-order valence-electron chi connectivity index (χ0n) is 26.4. The Hall–Kier alpha value is -3.24. The highest BCUT2D eigenvalue weighted by Crippen LogP contribution is 2.57. The molecule has 4 atom stereocenters. The molecule has 2 rings (SSSR count). The molecule has 4 nitrogen and oxygen atoms in total. The molecule has 0 heterocycles. The molecule has 0 radical (unpaired) electrons. The van der Waals surface area contributed by atoms with E-state index in [0.29, 0.717) is 0 Å². The molecule has 2 aromatic rings. The lowest BCUT2D eigenvalue weighted by Crippen LogP contribution is -2.36. The zero-order chi connectivity index (χ0) is 32.2. The van der Waals surface area contributed by atoms with Gasteiger partial charge in [-0.15, -0.1) is 26.0 Å². The van der Waals surface area contributed by atoms with Crippen LogP contribution in [0.5, 0.6) is 0 Å². The van der Waals surface area contributed by atoms with E-state index < -0.39 is 39.5 Å². The van der Waals surface area contributed by atoms with Crippen LogP contribution in [0.2, 0.25) is 0 Å². The van der Waals surface area contributed by atoms with E-state index in [1.54, 1.807) is 12.2 Å². The fourth-order valence-corrected chi connectivity index (χ4v) is 8.53. The van der Waals surface area contributed by atoms with E-state index in [2.05, 4.69) is 31.8 Å². The van der Waals surface area contributed by atoms with Crippen LogP contribution in [0.15, 0.2) is 109 Å². The number of carbonyl (C=O) groups is 2. The molecule has 0 fully saturated rings. The van der Waals surface area contributed by atoms with E-state index in [-0.39, 0.29) is 0 Å². The van der Waals surface area contributed by atoms with Gasteiger partial charge in [-0.2, -0.15) is 0 Å². The lowest BCUT2D eigenvalue weighted by Gasteiger charge is -2.37. The third kappa shape index (κ3) is 17.9. The Morgan fingerprint density at radius 2 is 1.10 bits per heavy atom. The van der Waals surface area contributed by atoms with Gasteiger partial charge in [-0.3, -0.25) is 9.59 Å². The van der Waals surface area contributed by atoms with Gasteiger partial charge >= 0.3 is 11.9 Å². The third-order valence-electron chi connectivity index (χ3n) is 4.54. The van der Waals surface area contributed by atoms with Gasteiger partial charge in [-0.05, 0) is 66.4 Å². The van der Waals surface area contributed by atoms with Gasteiger partial charge in [0.05, 0.1) is 0 Å². The number of benzene rings is 2. The number of esters is 2. The van der Waals surface area contributed by atoms with Crippen LogP contribution in [0.4, 0.5) is 0 Å². The summed E-state index contributed by atoms with van der Waals surface area (Å²) in [6.45, 7) is 23.3. The van der Waals surface area contributed by atoms with E-state index >= 15 is 0 Å². The standard InChI is InChI=1S/C25H30O4P2.2C3H6.C2H6.C2H2/c1-6-18-30(22-14-10-8-11-15-22)24(28-20(4)26)25(29-21(5)27)31(19(3)7-2)23-16-12-9-13-17-23;2*1-3-2;2*1-2/h6-18,24-25H,1-5H3;2*3H,1H2,2H3;1-2H3;1-2H/b18-6+,19-7+;;;;. The molecule has 0 saturated heterocycles. The van der Waals surface area contributed by atoms with Crippen LogP contribution in [0.25, 0.3) is 0 Å². The second kappa shape index (κ2) is 28.3. The van der Waals surface area contributed by atoms with Gasteiger partial charge < -0.3 is 9.47 Å². The topological polar surface area (TPSA) is 52.6 Å². The SMILES string of the molecule is C#C.C/C=C/P(c1ccccc1)C(OC(C)=O)C(OC(C)=O)P(/C(C)=C/C)c1ccccc1.C=CC.C=CC.CC. The molecule has 0 amide bonds. The fraction of sp³-hybridized carbons (Fsp3) is 0.314. The van der Waals surface area contributed by atoms with Gasteiger partial charge in [-0.1, -0.05) is 105 Å². The largest absolute Gasteiger partial charge is 0.453 e. The normalized spacial score (nSPS) is 12.7. The first kappa shape index (κ1) is 42.2. The van der Waals surface area contributed by atoms with Crippen molar-refractivity contribution in [2.75, 3.05) is 0 Å². The van der Waals surface area contributed by atoms with E-state index in [1.165, 1.54) is 13.8 Å². The zero-order valence-corrected chi connectivity index (χ0v) is 28.2. The third-order valence-corrected chi connectivity index (χ3v) is 9.97. The van der Waals surface area contributed by atoms with E-state index in [1.807, 2.05) is 121 Å². The van der Waals surface area contributed by atoms with Crippen LogP contribution in [-0.4, -0.2) is 23.6 Å². The molecule has 224 valence electrons. The van der Waals surface area contributed by atoms with Crippen LogP contribution in [0.3, 0.4) is 0 Å². The highest BCUT2D eigenvalue weighted by Gasteiger charge is 2.40. The molecular weight excluding hydrogens is 546 g/mol. The Balaban J connectivity index is -0.00000128. The molecule has 0 N–H and O–H groups in total. The van der Waals surface area contributed by atoms with Gasteiger partial charge in [-0.25, -0.2) is 0 Å². The van der Waals surface area contributed by atoms with Gasteiger partial charge in [0.2, 0.25) is 0 Å². The number of hydrogen-bond acceptors (Lipinski definition) is 4. The van der Waals surface area contributed by atoms with Crippen LogP contribution in [-0.2, 0) is 19.1 Å². The Morgan fingerprint density at radius 1 is 0.732 bits per heavy atom.